The van der Waals surface area contributed by atoms with Crippen LogP contribution in [-0.4, -0.2) is 52.8 Å². The number of rotatable bonds is 11. The molecule has 0 saturated carbocycles. The number of carbonyl (C=O) groups is 2. The minimum Gasteiger partial charge on any atom is -0.493 e. The summed E-state index contributed by atoms with van der Waals surface area (Å²) in [6.45, 7) is 4.28. The Morgan fingerprint density at radius 1 is 1.08 bits per heavy atom. The van der Waals surface area contributed by atoms with Gasteiger partial charge in [-0.05, 0) is 47.7 Å². The molecule has 0 aliphatic heterocycles. The van der Waals surface area contributed by atoms with E-state index < -0.39 is 6.04 Å². The first-order valence-corrected chi connectivity index (χ1v) is 11.8. The average molecular weight is 508 g/mol. The van der Waals surface area contributed by atoms with Crippen molar-refractivity contribution in [3.05, 3.63) is 66.2 Å². The summed E-state index contributed by atoms with van der Waals surface area (Å²) in [7, 11) is 3.07. The number of hydrogen-bond acceptors (Lipinski definition) is 7. The molecule has 2 amide bonds. The molecular formula is C26H33N7O4. The smallest absolute Gasteiger partial charge is 0.245 e. The highest BCUT2D eigenvalue weighted by Gasteiger charge is 2.20. The average Bonchev–Trinajstić information content (AvgIpc) is 3.42. The number of ether oxygens (including phenoxy) is 2. The van der Waals surface area contributed by atoms with Gasteiger partial charge in [0.15, 0.2) is 17.5 Å². The number of nitrogens with two attached hydrogens (primary N) is 1. The van der Waals surface area contributed by atoms with E-state index in [0.29, 0.717) is 30.0 Å². The quantitative estimate of drug-likeness (QED) is 0.266. The SMILES string of the molecule is COc1ccc(CC(=O)NC(N)=NC(CC(C)C)C(=O)NCc2cccc(-n3cncn3)c2)cc1OC. The molecule has 1 aromatic heterocycles. The highest BCUT2D eigenvalue weighted by atomic mass is 16.5. The second-order valence-electron chi connectivity index (χ2n) is 8.80. The molecule has 2 aromatic carbocycles. The zero-order valence-electron chi connectivity index (χ0n) is 21.5. The van der Waals surface area contributed by atoms with Crippen molar-refractivity contribution in [1.82, 2.24) is 25.4 Å². The van der Waals surface area contributed by atoms with Crippen LogP contribution in [0.1, 0.15) is 31.4 Å². The monoisotopic (exact) mass is 507 g/mol. The van der Waals surface area contributed by atoms with E-state index in [0.717, 1.165) is 11.3 Å². The minimum atomic E-state index is -0.750. The van der Waals surface area contributed by atoms with Gasteiger partial charge < -0.3 is 20.5 Å². The lowest BCUT2D eigenvalue weighted by atomic mass is 10.0. The van der Waals surface area contributed by atoms with E-state index in [1.807, 2.05) is 38.1 Å². The van der Waals surface area contributed by atoms with Crippen molar-refractivity contribution >= 4 is 17.8 Å². The molecule has 1 unspecified atom stereocenters. The number of methoxy groups -OCH3 is 2. The molecule has 4 N–H and O–H groups in total. The molecule has 0 saturated heterocycles. The van der Waals surface area contributed by atoms with Crippen LogP contribution < -0.4 is 25.8 Å². The maximum absolute atomic E-state index is 13.0. The number of nitrogens with zero attached hydrogens (tertiary/aromatic N) is 4. The van der Waals surface area contributed by atoms with Gasteiger partial charge >= 0.3 is 0 Å². The summed E-state index contributed by atoms with van der Waals surface area (Å²) in [5.74, 6) is 0.527. The Labute approximate surface area is 216 Å². The lowest BCUT2D eigenvalue weighted by molar-refractivity contribution is -0.123. The Hall–Kier alpha value is -4.41. The number of aromatic nitrogens is 3. The van der Waals surface area contributed by atoms with Gasteiger partial charge in [-0.25, -0.2) is 14.7 Å². The Balaban J connectivity index is 1.62. The van der Waals surface area contributed by atoms with Gasteiger partial charge in [-0.3, -0.25) is 14.9 Å². The number of aliphatic imine (C=N–C) groups is 1. The van der Waals surface area contributed by atoms with Crippen molar-refractivity contribution in [3.8, 4) is 17.2 Å². The predicted octanol–water partition coefficient (Wildman–Crippen LogP) is 1.99. The third-order valence-electron chi connectivity index (χ3n) is 5.43. The van der Waals surface area contributed by atoms with E-state index in [1.54, 1.807) is 36.3 Å². The lowest BCUT2D eigenvalue weighted by Gasteiger charge is -2.16. The van der Waals surface area contributed by atoms with Crippen LogP contribution >= 0.6 is 0 Å². The highest BCUT2D eigenvalue weighted by molar-refractivity contribution is 5.98. The van der Waals surface area contributed by atoms with Crippen LogP contribution in [0.15, 0.2) is 60.1 Å². The van der Waals surface area contributed by atoms with Crippen molar-refractivity contribution < 1.29 is 19.1 Å². The van der Waals surface area contributed by atoms with Crippen molar-refractivity contribution in [2.45, 2.75) is 39.3 Å². The molecular weight excluding hydrogens is 474 g/mol. The molecule has 3 aromatic rings. The molecule has 37 heavy (non-hydrogen) atoms. The van der Waals surface area contributed by atoms with E-state index in [2.05, 4.69) is 25.7 Å². The number of nitrogens with one attached hydrogen (secondary N) is 2. The van der Waals surface area contributed by atoms with E-state index in [-0.39, 0.29) is 30.1 Å². The fourth-order valence-corrected chi connectivity index (χ4v) is 3.69. The number of benzene rings is 2. The first kappa shape index (κ1) is 27.2. The molecule has 196 valence electrons. The summed E-state index contributed by atoms with van der Waals surface area (Å²) in [5.41, 5.74) is 8.45. The first-order valence-electron chi connectivity index (χ1n) is 11.8. The fraction of sp³-hybridized carbons (Fsp3) is 0.346. The van der Waals surface area contributed by atoms with Gasteiger partial charge in [0.1, 0.15) is 18.7 Å². The maximum atomic E-state index is 13.0. The molecule has 0 radical (unpaired) electrons. The van der Waals surface area contributed by atoms with Crippen molar-refractivity contribution in [2.24, 2.45) is 16.6 Å². The number of hydrogen-bond donors (Lipinski definition) is 3. The van der Waals surface area contributed by atoms with E-state index in [9.17, 15) is 9.59 Å². The molecule has 1 atom stereocenters. The number of guanidine groups is 1. The maximum Gasteiger partial charge on any atom is 0.245 e. The van der Waals surface area contributed by atoms with E-state index in [4.69, 9.17) is 15.2 Å². The van der Waals surface area contributed by atoms with Crippen LogP contribution in [-0.2, 0) is 22.6 Å². The standard InChI is InChI=1S/C26H33N7O4/c1-17(2)10-21(25(35)29-14-19-6-5-7-20(11-19)33-16-28-15-30-33)31-26(27)32-24(34)13-18-8-9-22(36-3)23(12-18)37-4/h5-9,11-12,15-17,21H,10,13-14H2,1-4H3,(H,29,35)(H3,27,31,32,34). The molecule has 0 fully saturated rings. The topological polar surface area (TPSA) is 146 Å². The second kappa shape index (κ2) is 13.1. The molecule has 0 bridgehead atoms. The molecule has 0 aliphatic rings. The summed E-state index contributed by atoms with van der Waals surface area (Å²) in [6, 6.07) is 12.1. The second-order valence-corrected chi connectivity index (χ2v) is 8.80. The molecule has 0 spiro atoms. The Bertz CT molecular complexity index is 1230. The van der Waals surface area contributed by atoms with Gasteiger partial charge in [0.05, 0.1) is 26.3 Å². The Kier molecular flexibility index (Phi) is 9.59. The summed E-state index contributed by atoms with van der Waals surface area (Å²) in [6.07, 6.45) is 3.59. The third kappa shape index (κ3) is 8.06. The number of amides is 2. The van der Waals surface area contributed by atoms with Gasteiger partial charge in [-0.2, -0.15) is 5.10 Å². The van der Waals surface area contributed by atoms with Crippen LogP contribution in [0.2, 0.25) is 0 Å². The predicted molar refractivity (Wildman–Crippen MR) is 139 cm³/mol. The largest absolute Gasteiger partial charge is 0.493 e. The third-order valence-corrected chi connectivity index (χ3v) is 5.43. The van der Waals surface area contributed by atoms with Crippen molar-refractivity contribution in [3.63, 3.8) is 0 Å². The lowest BCUT2D eigenvalue weighted by Crippen LogP contribution is -2.41. The Morgan fingerprint density at radius 3 is 2.54 bits per heavy atom. The molecule has 1 heterocycles. The molecule has 11 heteroatoms. The fourth-order valence-electron chi connectivity index (χ4n) is 3.69. The summed E-state index contributed by atoms with van der Waals surface area (Å²) >= 11 is 0. The minimum absolute atomic E-state index is 0.0553. The van der Waals surface area contributed by atoms with Crippen molar-refractivity contribution in [2.75, 3.05) is 14.2 Å². The van der Waals surface area contributed by atoms with Crippen LogP contribution in [0.25, 0.3) is 5.69 Å². The van der Waals surface area contributed by atoms with Crippen LogP contribution in [0.4, 0.5) is 0 Å². The molecule has 0 aliphatic carbocycles. The van der Waals surface area contributed by atoms with Gasteiger partial charge in [0.25, 0.3) is 0 Å². The van der Waals surface area contributed by atoms with E-state index in [1.165, 1.54) is 13.4 Å². The zero-order valence-corrected chi connectivity index (χ0v) is 21.5. The van der Waals surface area contributed by atoms with Gasteiger partial charge in [0, 0.05) is 6.54 Å². The molecule has 3 rings (SSSR count). The summed E-state index contributed by atoms with van der Waals surface area (Å²) in [5, 5.41) is 9.61. The van der Waals surface area contributed by atoms with Crippen LogP contribution in [0.3, 0.4) is 0 Å². The van der Waals surface area contributed by atoms with Crippen LogP contribution in [0.5, 0.6) is 11.5 Å². The van der Waals surface area contributed by atoms with E-state index >= 15 is 0 Å². The summed E-state index contributed by atoms with van der Waals surface area (Å²) in [4.78, 5) is 33.8. The van der Waals surface area contributed by atoms with Gasteiger partial charge in [-0.1, -0.05) is 32.0 Å². The molecule has 11 nitrogen and oxygen atoms in total. The van der Waals surface area contributed by atoms with Gasteiger partial charge in [-0.15, -0.1) is 0 Å². The van der Waals surface area contributed by atoms with Crippen LogP contribution in [0, 0.1) is 5.92 Å². The first-order chi connectivity index (χ1) is 17.8. The van der Waals surface area contributed by atoms with Crippen molar-refractivity contribution in [1.29, 1.82) is 0 Å². The zero-order chi connectivity index (χ0) is 26.8. The highest BCUT2D eigenvalue weighted by Crippen LogP contribution is 2.27. The Morgan fingerprint density at radius 2 is 1.86 bits per heavy atom. The summed E-state index contributed by atoms with van der Waals surface area (Å²) < 4.78 is 12.1. The normalized spacial score (nSPS) is 12.2. The number of carbonyl (C=O) groups excluding carboxylic acids is 2. The van der Waals surface area contributed by atoms with Gasteiger partial charge in [0.2, 0.25) is 11.8 Å².